The standard InChI is InChI=1S/C22H31N7O6S2/c23-9-1-2-10-26-19(30)14-5-3-6-15(13-14)37(34,35)29-16-8-12-36-18(16)20(31)28-17(21(32)33)7-4-11-27-22(24)25/h3,5-6,8,12-13,17,29H,1-2,4,7,9-11,23H2,(H,26,30)(H,28,31)(H,32,33)(H4,24,25,27)/t17-/m0/s1. The van der Waals surface area contributed by atoms with E-state index in [9.17, 15) is 27.9 Å². The molecule has 2 aromatic rings. The van der Waals surface area contributed by atoms with Crippen molar-refractivity contribution in [2.45, 2.75) is 36.6 Å². The van der Waals surface area contributed by atoms with E-state index >= 15 is 0 Å². The number of aliphatic imine (C=N–C) groups is 1. The van der Waals surface area contributed by atoms with Crippen molar-refractivity contribution >= 4 is 50.8 Å². The second-order valence-corrected chi connectivity index (χ2v) is 10.5. The lowest BCUT2D eigenvalue weighted by molar-refractivity contribution is -0.139. The lowest BCUT2D eigenvalue weighted by Gasteiger charge is -2.15. The van der Waals surface area contributed by atoms with Gasteiger partial charge < -0.3 is 32.9 Å². The van der Waals surface area contributed by atoms with Crippen LogP contribution < -0.4 is 32.6 Å². The number of carboxylic acids is 1. The summed E-state index contributed by atoms with van der Waals surface area (Å²) in [6.07, 6.45) is 1.81. The van der Waals surface area contributed by atoms with Gasteiger partial charge in [-0.15, -0.1) is 11.3 Å². The number of nitrogens with two attached hydrogens (primary N) is 3. The van der Waals surface area contributed by atoms with Gasteiger partial charge in [-0.05, 0) is 61.9 Å². The average molecular weight is 554 g/mol. The molecular formula is C22H31N7O6S2. The number of carbonyl (C=O) groups excluding carboxylic acids is 2. The summed E-state index contributed by atoms with van der Waals surface area (Å²) in [5.41, 5.74) is 16.0. The van der Waals surface area contributed by atoms with Crippen LogP contribution in [0.1, 0.15) is 45.7 Å². The molecule has 0 spiro atoms. The van der Waals surface area contributed by atoms with Crippen molar-refractivity contribution in [3.05, 3.63) is 46.2 Å². The van der Waals surface area contributed by atoms with E-state index in [1.54, 1.807) is 0 Å². The maximum atomic E-state index is 13.0. The number of nitrogens with zero attached hydrogens (tertiary/aromatic N) is 1. The number of amides is 2. The molecule has 0 radical (unpaired) electrons. The number of anilines is 1. The van der Waals surface area contributed by atoms with Gasteiger partial charge in [0.2, 0.25) is 0 Å². The average Bonchev–Trinajstić information content (AvgIpc) is 3.30. The summed E-state index contributed by atoms with van der Waals surface area (Å²) in [4.78, 5) is 40.3. The first kappa shape index (κ1) is 29.5. The number of sulfonamides is 1. The van der Waals surface area contributed by atoms with Crippen LogP contribution in [0.15, 0.2) is 45.6 Å². The van der Waals surface area contributed by atoms with E-state index in [1.165, 1.54) is 35.7 Å². The van der Waals surface area contributed by atoms with Crippen molar-refractivity contribution in [3.8, 4) is 0 Å². The van der Waals surface area contributed by atoms with Crippen LogP contribution >= 0.6 is 11.3 Å². The first-order valence-corrected chi connectivity index (χ1v) is 13.7. The molecule has 202 valence electrons. The van der Waals surface area contributed by atoms with E-state index in [1.807, 2.05) is 0 Å². The molecule has 0 saturated carbocycles. The van der Waals surface area contributed by atoms with Gasteiger partial charge in [0.25, 0.3) is 21.8 Å². The van der Waals surface area contributed by atoms with Gasteiger partial charge in [-0.3, -0.25) is 19.3 Å². The number of nitrogens with one attached hydrogen (secondary N) is 3. The molecule has 1 aromatic heterocycles. The number of unbranched alkanes of at least 4 members (excludes halogenated alkanes) is 1. The number of benzene rings is 1. The highest BCUT2D eigenvalue weighted by atomic mass is 32.2. The van der Waals surface area contributed by atoms with Crippen molar-refractivity contribution < 1.29 is 27.9 Å². The quantitative estimate of drug-likeness (QED) is 0.0908. The van der Waals surface area contributed by atoms with Crippen LogP contribution in [0.5, 0.6) is 0 Å². The fraction of sp³-hybridized carbons (Fsp3) is 0.364. The number of rotatable bonds is 15. The molecule has 0 fully saturated rings. The van der Waals surface area contributed by atoms with Gasteiger partial charge in [-0.25, -0.2) is 13.2 Å². The lowest BCUT2D eigenvalue weighted by Crippen LogP contribution is -2.40. The number of hydrogen-bond donors (Lipinski definition) is 7. The lowest BCUT2D eigenvalue weighted by atomic mass is 10.1. The SMILES string of the molecule is NCCCCNC(=O)c1cccc(S(=O)(=O)Nc2ccsc2C(=O)N[C@@H](CCCN=C(N)N)C(=O)O)c1. The minimum absolute atomic E-state index is 0.0205. The van der Waals surface area contributed by atoms with Crippen molar-refractivity contribution in [2.75, 3.05) is 24.4 Å². The highest BCUT2D eigenvalue weighted by Crippen LogP contribution is 2.26. The van der Waals surface area contributed by atoms with E-state index in [0.29, 0.717) is 25.9 Å². The molecule has 0 bridgehead atoms. The molecular weight excluding hydrogens is 522 g/mol. The summed E-state index contributed by atoms with van der Waals surface area (Å²) in [7, 11) is -4.17. The largest absolute Gasteiger partial charge is 0.480 e. The molecule has 1 atom stereocenters. The zero-order valence-corrected chi connectivity index (χ0v) is 21.6. The van der Waals surface area contributed by atoms with Crippen molar-refractivity contribution in [1.82, 2.24) is 10.6 Å². The molecule has 0 aliphatic heterocycles. The van der Waals surface area contributed by atoms with Crippen molar-refractivity contribution in [2.24, 2.45) is 22.2 Å². The molecule has 13 nitrogen and oxygen atoms in total. The Balaban J connectivity index is 2.11. The third kappa shape index (κ3) is 9.36. The Morgan fingerprint density at radius 1 is 1.08 bits per heavy atom. The zero-order chi connectivity index (χ0) is 27.4. The summed E-state index contributed by atoms with van der Waals surface area (Å²) < 4.78 is 28.3. The van der Waals surface area contributed by atoms with E-state index in [0.717, 1.165) is 17.8 Å². The Hall–Kier alpha value is -3.69. The first-order chi connectivity index (χ1) is 17.5. The van der Waals surface area contributed by atoms with E-state index in [4.69, 9.17) is 17.2 Å². The fourth-order valence-corrected chi connectivity index (χ4v) is 5.07. The number of carbonyl (C=O) groups is 3. The first-order valence-electron chi connectivity index (χ1n) is 11.3. The van der Waals surface area contributed by atoms with Crippen molar-refractivity contribution in [1.29, 1.82) is 0 Å². The summed E-state index contributed by atoms with van der Waals surface area (Å²) in [6, 6.07) is 5.62. The van der Waals surface area contributed by atoms with Crippen LogP contribution in [-0.4, -0.2) is 62.9 Å². The van der Waals surface area contributed by atoms with Crippen LogP contribution in [-0.2, 0) is 14.8 Å². The van der Waals surface area contributed by atoms with Gasteiger partial charge in [-0.2, -0.15) is 0 Å². The normalized spacial score (nSPS) is 11.8. The molecule has 0 aliphatic rings. The maximum Gasteiger partial charge on any atom is 0.326 e. The summed E-state index contributed by atoms with van der Waals surface area (Å²) in [5, 5.41) is 16.0. The molecule has 0 unspecified atom stereocenters. The van der Waals surface area contributed by atoms with Crippen LogP contribution in [0, 0.1) is 0 Å². The highest BCUT2D eigenvalue weighted by molar-refractivity contribution is 7.92. The van der Waals surface area contributed by atoms with Gasteiger partial charge >= 0.3 is 5.97 Å². The molecule has 15 heteroatoms. The fourth-order valence-electron chi connectivity index (χ4n) is 3.13. The topological polar surface area (TPSA) is 232 Å². The van der Waals surface area contributed by atoms with Crippen molar-refractivity contribution in [3.63, 3.8) is 0 Å². The smallest absolute Gasteiger partial charge is 0.326 e. The zero-order valence-electron chi connectivity index (χ0n) is 20.0. The molecule has 2 rings (SSSR count). The van der Waals surface area contributed by atoms with E-state index in [2.05, 4.69) is 20.3 Å². The minimum atomic E-state index is -4.17. The molecule has 10 N–H and O–H groups in total. The summed E-state index contributed by atoms with van der Waals surface area (Å²) in [6.45, 7) is 1.11. The summed E-state index contributed by atoms with van der Waals surface area (Å²) in [5.74, 6) is -2.56. The number of carboxylic acid groups (broad SMARTS) is 1. The van der Waals surface area contributed by atoms with Gasteiger partial charge in [0.1, 0.15) is 10.9 Å². The third-order valence-electron chi connectivity index (χ3n) is 4.99. The molecule has 0 aliphatic carbocycles. The Bertz CT molecular complexity index is 1230. The Labute approximate surface area is 218 Å². The molecule has 0 saturated heterocycles. The van der Waals surface area contributed by atoms with Gasteiger partial charge in [0, 0.05) is 18.7 Å². The number of guanidine groups is 1. The van der Waals surface area contributed by atoms with Crippen LogP contribution in [0.2, 0.25) is 0 Å². The summed E-state index contributed by atoms with van der Waals surface area (Å²) >= 11 is 0.941. The van der Waals surface area contributed by atoms with Gasteiger partial charge in [0.05, 0.1) is 10.6 Å². The second-order valence-electron chi connectivity index (χ2n) is 7.86. The second kappa shape index (κ2) is 14.2. The third-order valence-corrected chi connectivity index (χ3v) is 7.26. The highest BCUT2D eigenvalue weighted by Gasteiger charge is 2.25. The van der Waals surface area contributed by atoms with Crippen LogP contribution in [0.3, 0.4) is 0 Å². The number of thiophene rings is 1. The molecule has 2 amide bonds. The van der Waals surface area contributed by atoms with Gasteiger partial charge in [0.15, 0.2) is 5.96 Å². The Kier molecular flexibility index (Phi) is 11.3. The monoisotopic (exact) mass is 553 g/mol. The number of aliphatic carboxylic acids is 1. The van der Waals surface area contributed by atoms with E-state index in [-0.39, 0.29) is 39.9 Å². The van der Waals surface area contributed by atoms with Crippen LogP contribution in [0.4, 0.5) is 5.69 Å². The van der Waals surface area contributed by atoms with Gasteiger partial charge in [-0.1, -0.05) is 6.07 Å². The Morgan fingerprint density at radius 3 is 2.51 bits per heavy atom. The predicted octanol–water partition coefficient (Wildman–Crippen LogP) is 0.254. The minimum Gasteiger partial charge on any atom is -0.480 e. The maximum absolute atomic E-state index is 13.0. The molecule has 1 heterocycles. The number of hydrogen-bond acceptors (Lipinski definition) is 8. The molecule has 1 aromatic carbocycles. The van der Waals surface area contributed by atoms with Crippen LogP contribution in [0.25, 0.3) is 0 Å². The Morgan fingerprint density at radius 2 is 1.84 bits per heavy atom. The van der Waals surface area contributed by atoms with E-state index < -0.39 is 33.8 Å². The molecule has 37 heavy (non-hydrogen) atoms. The predicted molar refractivity (Wildman–Crippen MR) is 141 cm³/mol.